The number of benzene rings is 1. The molecule has 2 aliphatic rings. The number of nitrogens with one attached hydrogen (secondary N) is 1. The number of hydrogen-bond donors (Lipinski definition) is 1. The van der Waals surface area contributed by atoms with Crippen LogP contribution in [-0.4, -0.2) is 59.5 Å². The lowest BCUT2D eigenvalue weighted by Crippen LogP contribution is -2.42. The summed E-state index contributed by atoms with van der Waals surface area (Å²) < 4.78 is 0. The molecule has 3 heterocycles. The third kappa shape index (κ3) is 5.85. The zero-order valence-corrected chi connectivity index (χ0v) is 19.6. The standard InChI is InChI=1S/C26H37N5O/c1-20-7-5-9-23(17-20)24-18-28-26(29-19-24)31-15-10-22(11-16-31)25(32)27-12-6-14-30-13-4-3-8-21(30)2/h5,7,9,17-19,21-22H,3-4,6,8,10-16H2,1-2H3,(H,27,32)/t21-/m0/s1. The quantitative estimate of drug-likeness (QED) is 0.665. The van der Waals surface area contributed by atoms with Crippen LogP contribution in [0, 0.1) is 12.8 Å². The van der Waals surface area contributed by atoms with Crippen LogP contribution in [0.1, 0.15) is 51.0 Å². The zero-order chi connectivity index (χ0) is 22.3. The number of nitrogens with zero attached hydrogens (tertiary/aromatic N) is 4. The Morgan fingerprint density at radius 3 is 2.56 bits per heavy atom. The lowest BCUT2D eigenvalue weighted by atomic mass is 9.96. The summed E-state index contributed by atoms with van der Waals surface area (Å²) in [5, 5.41) is 3.18. The van der Waals surface area contributed by atoms with Crippen molar-refractivity contribution < 1.29 is 4.79 Å². The van der Waals surface area contributed by atoms with Crippen molar-refractivity contribution in [2.24, 2.45) is 5.92 Å². The molecule has 1 amide bonds. The normalized spacial score (nSPS) is 20.3. The number of carbonyl (C=O) groups excluding carboxylic acids is 1. The molecule has 172 valence electrons. The first-order chi connectivity index (χ1) is 15.6. The third-order valence-corrected chi connectivity index (χ3v) is 7.00. The highest BCUT2D eigenvalue weighted by Crippen LogP contribution is 2.23. The highest BCUT2D eigenvalue weighted by Gasteiger charge is 2.26. The van der Waals surface area contributed by atoms with E-state index in [1.54, 1.807) is 0 Å². The van der Waals surface area contributed by atoms with E-state index in [2.05, 4.69) is 63.2 Å². The summed E-state index contributed by atoms with van der Waals surface area (Å²) in [6, 6.07) is 9.08. The molecule has 1 aromatic carbocycles. The summed E-state index contributed by atoms with van der Waals surface area (Å²) in [6.07, 6.45) is 10.5. The number of piperidine rings is 2. The second kappa shape index (κ2) is 10.9. The van der Waals surface area contributed by atoms with Crippen molar-refractivity contribution >= 4 is 11.9 Å². The number of amides is 1. The van der Waals surface area contributed by atoms with Gasteiger partial charge in [-0.25, -0.2) is 9.97 Å². The van der Waals surface area contributed by atoms with Crippen molar-refractivity contribution in [1.29, 1.82) is 0 Å². The molecule has 2 fully saturated rings. The number of likely N-dealkylation sites (tertiary alicyclic amines) is 1. The van der Waals surface area contributed by atoms with Gasteiger partial charge in [-0.15, -0.1) is 0 Å². The monoisotopic (exact) mass is 435 g/mol. The van der Waals surface area contributed by atoms with Gasteiger partial charge in [0.25, 0.3) is 0 Å². The summed E-state index contributed by atoms with van der Waals surface area (Å²) in [4.78, 5) is 26.6. The van der Waals surface area contributed by atoms with Crippen molar-refractivity contribution in [3.05, 3.63) is 42.2 Å². The summed E-state index contributed by atoms with van der Waals surface area (Å²) in [6.45, 7) is 9.16. The smallest absolute Gasteiger partial charge is 0.225 e. The Kier molecular flexibility index (Phi) is 7.74. The van der Waals surface area contributed by atoms with Crippen LogP contribution in [0.4, 0.5) is 5.95 Å². The van der Waals surface area contributed by atoms with E-state index in [-0.39, 0.29) is 11.8 Å². The van der Waals surface area contributed by atoms with Gasteiger partial charge in [-0.05, 0) is 58.1 Å². The van der Waals surface area contributed by atoms with Crippen molar-refractivity contribution in [1.82, 2.24) is 20.2 Å². The summed E-state index contributed by atoms with van der Waals surface area (Å²) in [5.74, 6) is 1.08. The van der Waals surface area contributed by atoms with E-state index >= 15 is 0 Å². The molecule has 0 radical (unpaired) electrons. The van der Waals surface area contributed by atoms with Crippen molar-refractivity contribution in [3.8, 4) is 11.1 Å². The predicted octanol–water partition coefficient (Wildman–Crippen LogP) is 4.05. The van der Waals surface area contributed by atoms with Gasteiger partial charge in [-0.3, -0.25) is 4.79 Å². The van der Waals surface area contributed by atoms with Crippen LogP contribution in [0.15, 0.2) is 36.7 Å². The summed E-state index contributed by atoms with van der Waals surface area (Å²) >= 11 is 0. The van der Waals surface area contributed by atoms with E-state index in [0.29, 0.717) is 6.04 Å². The van der Waals surface area contributed by atoms with E-state index in [4.69, 9.17) is 0 Å². The van der Waals surface area contributed by atoms with Crippen LogP contribution >= 0.6 is 0 Å². The largest absolute Gasteiger partial charge is 0.356 e. The van der Waals surface area contributed by atoms with Crippen LogP contribution in [-0.2, 0) is 4.79 Å². The molecular formula is C26H37N5O. The topological polar surface area (TPSA) is 61.4 Å². The number of rotatable bonds is 7. The van der Waals surface area contributed by atoms with Gasteiger partial charge in [-0.2, -0.15) is 0 Å². The second-order valence-corrected chi connectivity index (χ2v) is 9.43. The van der Waals surface area contributed by atoms with Crippen molar-refractivity contribution in [3.63, 3.8) is 0 Å². The predicted molar refractivity (Wildman–Crippen MR) is 130 cm³/mol. The van der Waals surface area contributed by atoms with E-state index in [1.807, 2.05) is 12.4 Å². The first kappa shape index (κ1) is 22.7. The third-order valence-electron chi connectivity index (χ3n) is 7.00. The molecule has 2 saturated heterocycles. The molecule has 4 rings (SSSR count). The minimum atomic E-state index is 0.103. The average Bonchev–Trinajstić information content (AvgIpc) is 2.83. The lowest BCUT2D eigenvalue weighted by molar-refractivity contribution is -0.125. The molecule has 1 atom stereocenters. The molecular weight excluding hydrogens is 398 g/mol. The fourth-order valence-corrected chi connectivity index (χ4v) is 4.93. The summed E-state index contributed by atoms with van der Waals surface area (Å²) in [5.41, 5.74) is 3.40. The van der Waals surface area contributed by atoms with Gasteiger partial charge >= 0.3 is 0 Å². The van der Waals surface area contributed by atoms with Gasteiger partial charge in [0.1, 0.15) is 0 Å². The maximum absolute atomic E-state index is 12.6. The van der Waals surface area contributed by atoms with Crippen molar-refractivity contribution in [2.75, 3.05) is 37.6 Å². The van der Waals surface area contributed by atoms with Crippen LogP contribution in [0.2, 0.25) is 0 Å². The first-order valence-corrected chi connectivity index (χ1v) is 12.3. The average molecular weight is 436 g/mol. The van der Waals surface area contributed by atoms with Gasteiger partial charge < -0.3 is 15.1 Å². The molecule has 0 aliphatic carbocycles. The SMILES string of the molecule is Cc1cccc(-c2cnc(N3CCC(C(=O)NCCCN4CCCC[C@@H]4C)CC3)nc2)c1. The molecule has 2 aliphatic heterocycles. The Hall–Kier alpha value is -2.47. The number of anilines is 1. The van der Waals surface area contributed by atoms with Crippen LogP contribution in [0.25, 0.3) is 11.1 Å². The Morgan fingerprint density at radius 1 is 1.06 bits per heavy atom. The van der Waals surface area contributed by atoms with Crippen LogP contribution < -0.4 is 10.2 Å². The van der Waals surface area contributed by atoms with Gasteiger partial charge in [0.2, 0.25) is 11.9 Å². The fourth-order valence-electron chi connectivity index (χ4n) is 4.93. The molecule has 1 N–H and O–H groups in total. The van der Waals surface area contributed by atoms with Crippen LogP contribution in [0.3, 0.4) is 0 Å². The van der Waals surface area contributed by atoms with E-state index < -0.39 is 0 Å². The maximum atomic E-state index is 12.6. The maximum Gasteiger partial charge on any atom is 0.225 e. The molecule has 0 saturated carbocycles. The Bertz CT molecular complexity index is 876. The Balaban J connectivity index is 1.19. The molecule has 6 heteroatoms. The number of hydrogen-bond acceptors (Lipinski definition) is 5. The number of aryl methyl sites for hydroxylation is 1. The van der Waals surface area contributed by atoms with E-state index in [0.717, 1.165) is 62.5 Å². The molecule has 32 heavy (non-hydrogen) atoms. The molecule has 1 aromatic heterocycles. The molecule has 0 unspecified atom stereocenters. The zero-order valence-electron chi connectivity index (χ0n) is 19.6. The lowest BCUT2D eigenvalue weighted by Gasteiger charge is -2.33. The Labute approximate surface area is 192 Å². The summed E-state index contributed by atoms with van der Waals surface area (Å²) in [7, 11) is 0. The minimum Gasteiger partial charge on any atom is -0.356 e. The molecule has 6 nitrogen and oxygen atoms in total. The Morgan fingerprint density at radius 2 is 1.84 bits per heavy atom. The highest BCUT2D eigenvalue weighted by molar-refractivity contribution is 5.78. The molecule has 0 bridgehead atoms. The fraction of sp³-hybridized carbons (Fsp3) is 0.577. The van der Waals surface area contributed by atoms with E-state index in [9.17, 15) is 4.79 Å². The van der Waals surface area contributed by atoms with E-state index in [1.165, 1.54) is 31.4 Å². The van der Waals surface area contributed by atoms with Gasteiger partial charge in [0, 0.05) is 56.1 Å². The van der Waals surface area contributed by atoms with Gasteiger partial charge in [0.05, 0.1) is 0 Å². The minimum absolute atomic E-state index is 0.103. The second-order valence-electron chi connectivity index (χ2n) is 9.43. The number of aromatic nitrogens is 2. The molecule has 2 aromatic rings. The van der Waals surface area contributed by atoms with Crippen LogP contribution in [0.5, 0.6) is 0 Å². The molecule has 0 spiro atoms. The van der Waals surface area contributed by atoms with Gasteiger partial charge in [0.15, 0.2) is 0 Å². The first-order valence-electron chi connectivity index (χ1n) is 12.3. The highest BCUT2D eigenvalue weighted by atomic mass is 16.1. The van der Waals surface area contributed by atoms with Crippen molar-refractivity contribution in [2.45, 2.75) is 58.4 Å². The number of carbonyl (C=O) groups is 1. The van der Waals surface area contributed by atoms with Gasteiger partial charge in [-0.1, -0.05) is 36.2 Å².